The number of rotatable bonds is 10. The van der Waals surface area contributed by atoms with Crippen molar-refractivity contribution in [3.8, 4) is 5.75 Å². The van der Waals surface area contributed by atoms with Crippen LogP contribution in [0.4, 0.5) is 4.39 Å². The molecule has 0 saturated carbocycles. The average molecular weight is 342 g/mol. The van der Waals surface area contributed by atoms with Crippen molar-refractivity contribution in [1.29, 1.82) is 0 Å². The Balaban J connectivity index is 1.51. The first-order valence-electron chi connectivity index (χ1n) is 8.37. The van der Waals surface area contributed by atoms with E-state index in [0.29, 0.717) is 32.1 Å². The lowest BCUT2D eigenvalue weighted by Gasteiger charge is -2.35. The van der Waals surface area contributed by atoms with Gasteiger partial charge < -0.3 is 19.7 Å². The molecular weight excluding hydrogens is 315 g/mol. The van der Waals surface area contributed by atoms with Crippen LogP contribution in [0.1, 0.15) is 0 Å². The van der Waals surface area contributed by atoms with Crippen LogP contribution in [0.25, 0.3) is 0 Å². The highest BCUT2D eigenvalue weighted by molar-refractivity contribution is 5.21. The summed E-state index contributed by atoms with van der Waals surface area (Å²) in [5.41, 5.74) is 0. The number of aliphatic hydroxyl groups excluding tert-OH is 2. The Morgan fingerprint density at radius 2 is 1.71 bits per heavy atom. The van der Waals surface area contributed by atoms with E-state index in [1.165, 1.54) is 12.1 Å². The highest BCUT2D eigenvalue weighted by atomic mass is 19.1. The monoisotopic (exact) mass is 342 g/mol. The highest BCUT2D eigenvalue weighted by Gasteiger charge is 2.18. The van der Waals surface area contributed by atoms with Gasteiger partial charge in [0, 0.05) is 39.3 Å². The Kier molecular flexibility index (Phi) is 8.41. The van der Waals surface area contributed by atoms with Gasteiger partial charge in [-0.25, -0.2) is 4.39 Å². The lowest BCUT2D eigenvalue weighted by Crippen LogP contribution is -2.49. The van der Waals surface area contributed by atoms with Crippen molar-refractivity contribution in [2.45, 2.75) is 6.10 Å². The zero-order chi connectivity index (χ0) is 17.2. The fourth-order valence-electron chi connectivity index (χ4n) is 2.66. The first-order chi connectivity index (χ1) is 11.7. The topological polar surface area (TPSA) is 65.4 Å². The minimum absolute atomic E-state index is 0.191. The Hall–Kier alpha value is -1.25. The molecule has 1 aliphatic heterocycles. The molecule has 2 N–H and O–H groups in total. The summed E-state index contributed by atoms with van der Waals surface area (Å²) in [6, 6.07) is 5.84. The first kappa shape index (κ1) is 19.1. The molecule has 0 unspecified atom stereocenters. The number of halogens is 1. The average Bonchev–Trinajstić information content (AvgIpc) is 2.58. The second kappa shape index (κ2) is 10.6. The van der Waals surface area contributed by atoms with Crippen LogP contribution < -0.4 is 4.74 Å². The fourth-order valence-corrected chi connectivity index (χ4v) is 2.66. The highest BCUT2D eigenvalue weighted by Crippen LogP contribution is 2.10. The van der Waals surface area contributed by atoms with Crippen LogP contribution in [0.5, 0.6) is 5.75 Å². The minimum atomic E-state index is -0.528. The zero-order valence-electron chi connectivity index (χ0n) is 13.9. The molecule has 24 heavy (non-hydrogen) atoms. The molecule has 1 aromatic rings. The quantitative estimate of drug-likeness (QED) is 0.592. The van der Waals surface area contributed by atoms with Crippen molar-refractivity contribution < 1.29 is 24.1 Å². The van der Waals surface area contributed by atoms with Crippen LogP contribution in [0.15, 0.2) is 24.3 Å². The summed E-state index contributed by atoms with van der Waals surface area (Å²) >= 11 is 0. The van der Waals surface area contributed by atoms with Crippen LogP contribution >= 0.6 is 0 Å². The van der Waals surface area contributed by atoms with Crippen molar-refractivity contribution in [3.63, 3.8) is 0 Å². The number of benzene rings is 1. The molecule has 1 aliphatic rings. The van der Waals surface area contributed by atoms with Gasteiger partial charge in [-0.2, -0.15) is 0 Å². The summed E-state index contributed by atoms with van der Waals surface area (Å²) in [6.07, 6.45) is -0.528. The van der Waals surface area contributed by atoms with E-state index in [0.717, 1.165) is 26.2 Å². The van der Waals surface area contributed by atoms with Crippen molar-refractivity contribution >= 4 is 0 Å². The van der Waals surface area contributed by atoms with Crippen molar-refractivity contribution in [1.82, 2.24) is 9.80 Å². The Labute approximate surface area is 142 Å². The maximum atomic E-state index is 12.7. The SMILES string of the molecule is OCCN1CCN(C[C@H](O)COCCOc2ccc(F)cc2)CC1. The van der Waals surface area contributed by atoms with Gasteiger partial charge in [-0.15, -0.1) is 0 Å². The van der Waals surface area contributed by atoms with Gasteiger partial charge in [0.15, 0.2) is 0 Å². The van der Waals surface area contributed by atoms with E-state index >= 15 is 0 Å². The number of β-amino-alcohol motifs (C(OH)–C–C–N with tert-alkyl or cyclic N) is 2. The second-order valence-electron chi connectivity index (χ2n) is 5.90. The summed E-state index contributed by atoms with van der Waals surface area (Å²) in [7, 11) is 0. The standard InChI is InChI=1S/C17H27FN2O4/c18-15-1-3-17(4-2-15)24-12-11-23-14-16(22)13-20-7-5-19(6-8-20)9-10-21/h1-4,16,21-22H,5-14H2/t16-/m0/s1. The van der Waals surface area contributed by atoms with E-state index in [2.05, 4.69) is 9.80 Å². The molecule has 1 aromatic carbocycles. The van der Waals surface area contributed by atoms with Crippen LogP contribution in [0, 0.1) is 5.82 Å². The summed E-state index contributed by atoms with van der Waals surface area (Å²) < 4.78 is 23.6. The van der Waals surface area contributed by atoms with Gasteiger partial charge in [0.25, 0.3) is 0 Å². The van der Waals surface area contributed by atoms with Gasteiger partial charge in [0.1, 0.15) is 18.2 Å². The maximum Gasteiger partial charge on any atom is 0.123 e. The summed E-state index contributed by atoms with van der Waals surface area (Å²) in [4.78, 5) is 4.42. The molecule has 6 nitrogen and oxygen atoms in total. The predicted molar refractivity (Wildman–Crippen MR) is 88.7 cm³/mol. The van der Waals surface area contributed by atoms with Gasteiger partial charge in [0.2, 0.25) is 0 Å². The Morgan fingerprint density at radius 1 is 1.04 bits per heavy atom. The molecule has 0 amide bonds. The number of hydrogen-bond acceptors (Lipinski definition) is 6. The molecule has 0 spiro atoms. The second-order valence-corrected chi connectivity index (χ2v) is 5.90. The van der Waals surface area contributed by atoms with E-state index in [1.54, 1.807) is 12.1 Å². The van der Waals surface area contributed by atoms with Gasteiger partial charge in [-0.3, -0.25) is 9.80 Å². The molecule has 136 valence electrons. The number of nitrogens with zero attached hydrogens (tertiary/aromatic N) is 2. The number of piperazine rings is 1. The third-order valence-electron chi connectivity index (χ3n) is 3.97. The normalized spacial score (nSPS) is 17.8. The predicted octanol–water partition coefficient (Wildman–Crippen LogP) is 0.192. The van der Waals surface area contributed by atoms with Gasteiger partial charge in [-0.05, 0) is 24.3 Å². The lowest BCUT2D eigenvalue weighted by molar-refractivity contribution is -0.000767. The van der Waals surface area contributed by atoms with E-state index in [1.807, 2.05) is 0 Å². The van der Waals surface area contributed by atoms with Crippen LogP contribution in [-0.4, -0.2) is 91.8 Å². The number of hydrogen-bond donors (Lipinski definition) is 2. The summed E-state index contributed by atoms with van der Waals surface area (Å²) in [6.45, 7) is 6.12. The molecule has 1 atom stereocenters. The van der Waals surface area contributed by atoms with E-state index in [-0.39, 0.29) is 19.0 Å². The largest absolute Gasteiger partial charge is 0.491 e. The van der Waals surface area contributed by atoms with Crippen LogP contribution in [0.3, 0.4) is 0 Å². The maximum absolute atomic E-state index is 12.7. The van der Waals surface area contributed by atoms with Crippen molar-refractivity contribution in [2.75, 3.05) is 65.7 Å². The fraction of sp³-hybridized carbons (Fsp3) is 0.647. The molecule has 1 saturated heterocycles. The van der Waals surface area contributed by atoms with Gasteiger partial charge >= 0.3 is 0 Å². The van der Waals surface area contributed by atoms with Gasteiger partial charge in [-0.1, -0.05) is 0 Å². The molecule has 1 fully saturated rings. The molecule has 7 heteroatoms. The van der Waals surface area contributed by atoms with Crippen LogP contribution in [0.2, 0.25) is 0 Å². The molecule has 0 aromatic heterocycles. The van der Waals surface area contributed by atoms with E-state index in [4.69, 9.17) is 14.6 Å². The van der Waals surface area contributed by atoms with E-state index in [9.17, 15) is 9.50 Å². The van der Waals surface area contributed by atoms with Crippen LogP contribution in [-0.2, 0) is 4.74 Å². The smallest absolute Gasteiger partial charge is 0.123 e. The third-order valence-corrected chi connectivity index (χ3v) is 3.97. The summed E-state index contributed by atoms with van der Waals surface area (Å²) in [5.74, 6) is 0.306. The lowest BCUT2D eigenvalue weighted by atomic mass is 10.2. The van der Waals surface area contributed by atoms with Crippen molar-refractivity contribution in [3.05, 3.63) is 30.1 Å². The Morgan fingerprint density at radius 3 is 2.38 bits per heavy atom. The number of ether oxygens (including phenoxy) is 2. The van der Waals surface area contributed by atoms with Crippen molar-refractivity contribution in [2.24, 2.45) is 0 Å². The molecule has 0 aliphatic carbocycles. The molecule has 1 heterocycles. The molecule has 0 bridgehead atoms. The zero-order valence-corrected chi connectivity index (χ0v) is 13.9. The molecule has 2 rings (SSSR count). The molecular formula is C17H27FN2O4. The van der Waals surface area contributed by atoms with E-state index < -0.39 is 6.10 Å². The molecule has 0 radical (unpaired) electrons. The van der Waals surface area contributed by atoms with Gasteiger partial charge in [0.05, 0.1) is 25.9 Å². The number of aliphatic hydroxyl groups is 2. The first-order valence-corrected chi connectivity index (χ1v) is 8.37. The third kappa shape index (κ3) is 7.11. The minimum Gasteiger partial charge on any atom is -0.491 e. The summed E-state index contributed by atoms with van der Waals surface area (Å²) in [5, 5.41) is 18.9. The Bertz CT molecular complexity index is 452.